The van der Waals surface area contributed by atoms with Crippen molar-refractivity contribution >= 4 is 23.2 Å². The second kappa shape index (κ2) is 10.4. The van der Waals surface area contributed by atoms with Crippen molar-refractivity contribution in [2.24, 2.45) is 0 Å². The number of hydrogen-bond acceptors (Lipinski definition) is 0. The molecule has 0 aliphatic carbocycles. The Bertz CT molecular complexity index is 789. The van der Waals surface area contributed by atoms with Gasteiger partial charge in [-0.15, -0.1) is 0 Å². The van der Waals surface area contributed by atoms with Crippen LogP contribution in [0.2, 0.25) is 0 Å². The summed E-state index contributed by atoms with van der Waals surface area (Å²) in [6.45, 7) is 9.18. The fourth-order valence-corrected chi connectivity index (χ4v) is 9.58. The van der Waals surface area contributed by atoms with Crippen molar-refractivity contribution in [3.8, 4) is 0 Å². The first-order valence-corrected chi connectivity index (χ1v) is 12.2. The van der Waals surface area contributed by atoms with Crippen LogP contribution in [0.3, 0.4) is 0 Å². The van der Waals surface area contributed by atoms with Gasteiger partial charge in [0.2, 0.25) is 0 Å². The molecule has 3 aromatic rings. The van der Waals surface area contributed by atoms with E-state index in [2.05, 4.69) is 100 Å². The Balaban J connectivity index is 0.00000280. The van der Waals surface area contributed by atoms with Crippen LogP contribution in [0.5, 0.6) is 0 Å². The van der Waals surface area contributed by atoms with Crippen molar-refractivity contribution in [2.45, 2.75) is 47.0 Å². The van der Waals surface area contributed by atoms with E-state index < -0.39 is 7.26 Å². The van der Waals surface area contributed by atoms with Crippen molar-refractivity contribution in [2.75, 3.05) is 6.16 Å². The average molecular weight is 455 g/mol. The zero-order valence-electron chi connectivity index (χ0n) is 17.6. The van der Waals surface area contributed by atoms with Crippen LogP contribution < -0.4 is 32.9 Å². The van der Waals surface area contributed by atoms with Gasteiger partial charge in [0.15, 0.2) is 0 Å². The minimum absolute atomic E-state index is 0. The zero-order chi connectivity index (χ0) is 19.3. The minimum Gasteiger partial charge on any atom is -1.00 e. The average Bonchev–Trinajstić information content (AvgIpc) is 2.68. The van der Waals surface area contributed by atoms with Crippen molar-refractivity contribution in [1.82, 2.24) is 0 Å². The molecule has 0 aliphatic heterocycles. The molecule has 2 heteroatoms. The normalized spacial score (nSPS) is 11.1. The van der Waals surface area contributed by atoms with Crippen LogP contribution in [0.15, 0.2) is 72.8 Å². The maximum absolute atomic E-state index is 2.40. The van der Waals surface area contributed by atoms with E-state index in [4.69, 9.17) is 0 Å². The van der Waals surface area contributed by atoms with E-state index in [1.165, 1.54) is 42.1 Å². The molecule has 0 amide bonds. The first kappa shape index (κ1) is 22.9. The van der Waals surface area contributed by atoms with Gasteiger partial charge in [-0.2, -0.15) is 0 Å². The molecule has 0 nitrogen and oxygen atoms in total. The highest BCUT2D eigenvalue weighted by Crippen LogP contribution is 2.57. The summed E-state index contributed by atoms with van der Waals surface area (Å²) in [6.07, 6.45) is 5.09. The van der Waals surface area contributed by atoms with E-state index >= 15 is 0 Å². The molecule has 0 unspecified atom stereocenters. The lowest BCUT2D eigenvalue weighted by atomic mass is 10.2. The van der Waals surface area contributed by atoms with Crippen LogP contribution in [-0.4, -0.2) is 6.16 Å². The van der Waals surface area contributed by atoms with Gasteiger partial charge in [0.1, 0.15) is 23.2 Å². The molecule has 28 heavy (non-hydrogen) atoms. The maximum atomic E-state index is 2.40. The van der Waals surface area contributed by atoms with Crippen LogP contribution in [0.4, 0.5) is 0 Å². The standard InChI is InChI=1S/C26H32P.BrH/c1-5-6-13-20-27(24-17-10-7-14-21(24)2,25-18-11-8-15-22(25)3)26-19-12-9-16-23(26)4;/h7-12,14-19H,5-6,13,20H2,1-4H3;1H/q+1;/p-1. The van der Waals surface area contributed by atoms with Crippen LogP contribution >= 0.6 is 7.26 Å². The van der Waals surface area contributed by atoms with E-state index in [-0.39, 0.29) is 17.0 Å². The first-order valence-electron chi connectivity index (χ1n) is 10.2. The fraction of sp³-hybridized carbons (Fsp3) is 0.308. The van der Waals surface area contributed by atoms with Gasteiger partial charge in [0.05, 0.1) is 6.16 Å². The van der Waals surface area contributed by atoms with Crippen molar-refractivity contribution in [1.29, 1.82) is 0 Å². The van der Waals surface area contributed by atoms with Crippen molar-refractivity contribution in [3.05, 3.63) is 89.5 Å². The second-order valence-electron chi connectivity index (χ2n) is 7.60. The van der Waals surface area contributed by atoms with E-state index in [0.29, 0.717) is 0 Å². The molecule has 0 saturated carbocycles. The lowest BCUT2D eigenvalue weighted by molar-refractivity contribution is -0.00000563. The predicted molar refractivity (Wildman–Crippen MR) is 124 cm³/mol. The lowest BCUT2D eigenvalue weighted by Gasteiger charge is -2.31. The smallest absolute Gasteiger partial charge is 0.112 e. The van der Waals surface area contributed by atoms with Gasteiger partial charge in [-0.3, -0.25) is 0 Å². The largest absolute Gasteiger partial charge is 1.00 e. The van der Waals surface area contributed by atoms with E-state index in [0.717, 1.165) is 0 Å². The fourth-order valence-electron chi connectivity index (χ4n) is 4.32. The number of rotatable bonds is 7. The first-order chi connectivity index (χ1) is 13.1. The molecule has 0 heterocycles. The maximum Gasteiger partial charge on any atom is 0.112 e. The Morgan fingerprint density at radius 1 is 0.571 bits per heavy atom. The molecule has 0 saturated heterocycles. The van der Waals surface area contributed by atoms with Gasteiger partial charge in [0, 0.05) is 0 Å². The quantitative estimate of drug-likeness (QED) is 0.380. The second-order valence-corrected chi connectivity index (χ2v) is 11.1. The van der Waals surface area contributed by atoms with Crippen LogP contribution in [0.25, 0.3) is 0 Å². The molecule has 0 radical (unpaired) electrons. The Kier molecular flexibility index (Phi) is 8.47. The third-order valence-corrected chi connectivity index (χ3v) is 10.6. The molecule has 0 atom stereocenters. The molecule has 0 spiro atoms. The van der Waals surface area contributed by atoms with Gasteiger partial charge in [0.25, 0.3) is 0 Å². The summed E-state index contributed by atoms with van der Waals surface area (Å²) >= 11 is 0. The Morgan fingerprint density at radius 3 is 1.25 bits per heavy atom. The molecule has 148 valence electrons. The Labute approximate surface area is 182 Å². The van der Waals surface area contributed by atoms with E-state index in [1.807, 2.05) is 0 Å². The van der Waals surface area contributed by atoms with Gasteiger partial charge in [-0.1, -0.05) is 74.4 Å². The highest BCUT2D eigenvalue weighted by Gasteiger charge is 2.47. The number of unbranched alkanes of at least 4 members (excludes halogenated alkanes) is 2. The summed E-state index contributed by atoms with van der Waals surface area (Å²) in [7, 11) is -1.70. The molecule has 0 fully saturated rings. The van der Waals surface area contributed by atoms with Gasteiger partial charge >= 0.3 is 0 Å². The number of benzene rings is 3. The van der Waals surface area contributed by atoms with Crippen LogP contribution in [0.1, 0.15) is 42.9 Å². The van der Waals surface area contributed by atoms with Crippen molar-refractivity contribution in [3.63, 3.8) is 0 Å². The van der Waals surface area contributed by atoms with Gasteiger partial charge in [-0.25, -0.2) is 0 Å². The SMILES string of the molecule is CCCCC[P+](c1ccccc1C)(c1ccccc1C)c1ccccc1C.[Br-]. The van der Waals surface area contributed by atoms with E-state index in [1.54, 1.807) is 15.9 Å². The van der Waals surface area contributed by atoms with Crippen molar-refractivity contribution < 1.29 is 17.0 Å². The number of halogens is 1. The monoisotopic (exact) mass is 454 g/mol. The summed E-state index contributed by atoms with van der Waals surface area (Å²) < 4.78 is 0. The van der Waals surface area contributed by atoms with Gasteiger partial charge in [-0.05, 0) is 62.1 Å². The molecule has 0 aromatic heterocycles. The number of aryl methyl sites for hydroxylation is 3. The summed E-state index contributed by atoms with van der Waals surface area (Å²) in [4.78, 5) is 0. The molecular weight excluding hydrogens is 423 g/mol. The Morgan fingerprint density at radius 2 is 0.929 bits per heavy atom. The third kappa shape index (κ3) is 4.42. The molecule has 3 aromatic carbocycles. The predicted octanol–water partition coefficient (Wildman–Crippen LogP) is 3.10. The molecular formula is C26H32BrP. The molecule has 0 N–H and O–H groups in total. The summed E-state index contributed by atoms with van der Waals surface area (Å²) in [5.41, 5.74) is 4.27. The molecule has 0 aliphatic rings. The van der Waals surface area contributed by atoms with Crippen LogP contribution in [-0.2, 0) is 0 Å². The van der Waals surface area contributed by atoms with Gasteiger partial charge < -0.3 is 17.0 Å². The molecule has 0 bridgehead atoms. The van der Waals surface area contributed by atoms with Crippen LogP contribution in [0, 0.1) is 20.8 Å². The summed E-state index contributed by atoms with van der Waals surface area (Å²) in [6, 6.07) is 27.3. The third-order valence-electron chi connectivity index (χ3n) is 5.68. The lowest BCUT2D eigenvalue weighted by Crippen LogP contribution is -3.00. The number of hydrogen-bond donors (Lipinski definition) is 0. The molecule has 3 rings (SSSR count). The highest BCUT2D eigenvalue weighted by molar-refractivity contribution is 7.96. The Hall–Kier alpha value is -1.43. The topological polar surface area (TPSA) is 0 Å². The zero-order valence-corrected chi connectivity index (χ0v) is 20.1. The summed E-state index contributed by atoms with van der Waals surface area (Å²) in [5.74, 6) is 0. The highest BCUT2D eigenvalue weighted by atomic mass is 79.9. The van der Waals surface area contributed by atoms with E-state index in [9.17, 15) is 0 Å². The minimum atomic E-state index is -1.70. The summed E-state index contributed by atoms with van der Waals surface area (Å²) in [5, 5.41) is 4.68.